The highest BCUT2D eigenvalue weighted by atomic mass is 32.1. The molecule has 1 aliphatic rings. The number of hydrogen-bond acceptors (Lipinski definition) is 3. The van der Waals surface area contributed by atoms with Gasteiger partial charge in [-0.05, 0) is 29.9 Å². The van der Waals surface area contributed by atoms with Crippen molar-refractivity contribution in [3.63, 3.8) is 0 Å². The summed E-state index contributed by atoms with van der Waals surface area (Å²) in [5, 5.41) is 3.81. The van der Waals surface area contributed by atoms with E-state index in [4.69, 9.17) is 0 Å². The lowest BCUT2D eigenvalue weighted by Crippen LogP contribution is -2.28. The summed E-state index contributed by atoms with van der Waals surface area (Å²) in [6, 6.07) is 20.6. The first kappa shape index (κ1) is 18.9. The molecule has 1 saturated carbocycles. The van der Waals surface area contributed by atoms with Gasteiger partial charge in [-0.1, -0.05) is 79.9 Å². The molecule has 1 atom stereocenters. The average molecular weight is 391 g/mol. The van der Waals surface area contributed by atoms with Crippen LogP contribution in [0.5, 0.6) is 0 Å². The number of carbonyl (C=O) groups is 1. The van der Waals surface area contributed by atoms with Crippen LogP contribution in [-0.4, -0.2) is 10.9 Å². The summed E-state index contributed by atoms with van der Waals surface area (Å²) >= 11 is 1.57. The Morgan fingerprint density at radius 2 is 1.68 bits per heavy atom. The van der Waals surface area contributed by atoms with Crippen molar-refractivity contribution in [3.8, 4) is 0 Å². The highest BCUT2D eigenvalue weighted by Gasteiger charge is 2.31. The second-order valence-electron chi connectivity index (χ2n) is 7.57. The summed E-state index contributed by atoms with van der Waals surface area (Å²) in [5.74, 6) is 0.404. The number of aromatic nitrogens is 1. The predicted octanol–water partition coefficient (Wildman–Crippen LogP) is 6.04. The summed E-state index contributed by atoms with van der Waals surface area (Å²) in [6.45, 7) is 0. The minimum absolute atomic E-state index is 0.0821. The van der Waals surface area contributed by atoms with Crippen LogP contribution in [0.25, 0.3) is 0 Å². The van der Waals surface area contributed by atoms with E-state index < -0.39 is 0 Å². The largest absolute Gasteiger partial charge is 0.301 e. The van der Waals surface area contributed by atoms with Crippen molar-refractivity contribution in [2.45, 2.75) is 44.4 Å². The molecule has 1 heterocycles. The number of nitrogens with one attached hydrogen (secondary N) is 1. The number of carbonyl (C=O) groups excluding carboxylic acids is 1. The van der Waals surface area contributed by atoms with Crippen LogP contribution in [-0.2, 0) is 11.2 Å². The maximum Gasteiger partial charge on any atom is 0.233 e. The molecule has 1 unspecified atom stereocenters. The normalized spacial score (nSPS) is 15.9. The Balaban J connectivity index is 1.48. The maximum absolute atomic E-state index is 13.2. The summed E-state index contributed by atoms with van der Waals surface area (Å²) in [5.41, 5.74) is 2.38. The molecule has 28 heavy (non-hydrogen) atoms. The van der Waals surface area contributed by atoms with E-state index in [0.29, 0.717) is 11.0 Å². The Labute approximate surface area is 170 Å². The molecule has 1 amide bonds. The fourth-order valence-corrected chi connectivity index (χ4v) is 5.04. The van der Waals surface area contributed by atoms with E-state index in [1.807, 2.05) is 42.6 Å². The van der Waals surface area contributed by atoms with Gasteiger partial charge in [0.25, 0.3) is 0 Å². The smallest absolute Gasteiger partial charge is 0.233 e. The third-order valence-electron chi connectivity index (χ3n) is 5.57. The van der Waals surface area contributed by atoms with Gasteiger partial charge in [-0.25, -0.2) is 4.98 Å². The molecule has 144 valence electrons. The molecule has 1 aromatic heterocycles. The molecule has 4 heteroatoms. The van der Waals surface area contributed by atoms with Crippen LogP contribution in [0.2, 0.25) is 0 Å². The van der Waals surface area contributed by atoms with Crippen LogP contribution < -0.4 is 5.32 Å². The van der Waals surface area contributed by atoms with Gasteiger partial charge >= 0.3 is 0 Å². The summed E-state index contributed by atoms with van der Waals surface area (Å²) in [6.07, 6.45) is 8.72. The van der Waals surface area contributed by atoms with E-state index in [1.54, 1.807) is 11.3 Å². The van der Waals surface area contributed by atoms with Crippen molar-refractivity contribution in [1.29, 1.82) is 0 Å². The number of hydrogen-bond donors (Lipinski definition) is 1. The van der Waals surface area contributed by atoms with Crippen LogP contribution in [0.4, 0.5) is 5.13 Å². The van der Waals surface area contributed by atoms with Gasteiger partial charge in [-0.15, -0.1) is 11.3 Å². The highest BCUT2D eigenvalue weighted by molar-refractivity contribution is 7.15. The lowest BCUT2D eigenvalue weighted by atomic mass is 9.76. The van der Waals surface area contributed by atoms with Crippen LogP contribution >= 0.6 is 11.3 Å². The van der Waals surface area contributed by atoms with E-state index in [-0.39, 0.29) is 11.8 Å². The van der Waals surface area contributed by atoms with Gasteiger partial charge in [0.05, 0.1) is 5.92 Å². The standard InChI is InChI=1S/C24H26N2OS/c27-23(22(19-12-6-2-7-13-19)20-14-8-3-9-15-20)26-24-25-17-21(28-24)16-18-10-4-1-5-11-18/h1-2,4-7,10-13,17,20,22H,3,8-9,14-16H2,(H,25,26,27). The van der Waals surface area contributed by atoms with Crippen molar-refractivity contribution in [3.05, 3.63) is 82.9 Å². The van der Waals surface area contributed by atoms with Gasteiger partial charge in [0.2, 0.25) is 5.91 Å². The Morgan fingerprint density at radius 1 is 1.00 bits per heavy atom. The number of nitrogens with zero attached hydrogens (tertiary/aromatic N) is 1. The summed E-state index contributed by atoms with van der Waals surface area (Å²) in [7, 11) is 0. The zero-order chi connectivity index (χ0) is 19.2. The molecule has 0 saturated heterocycles. The Bertz CT molecular complexity index is 885. The topological polar surface area (TPSA) is 42.0 Å². The molecule has 3 nitrogen and oxygen atoms in total. The van der Waals surface area contributed by atoms with E-state index in [9.17, 15) is 4.79 Å². The Kier molecular flexibility index (Phi) is 6.17. The molecule has 0 aliphatic heterocycles. The molecule has 1 aliphatic carbocycles. The average Bonchev–Trinajstić information content (AvgIpc) is 3.17. The van der Waals surface area contributed by atoms with Gasteiger partial charge in [0.15, 0.2) is 5.13 Å². The number of benzene rings is 2. The lowest BCUT2D eigenvalue weighted by Gasteiger charge is -2.29. The van der Waals surface area contributed by atoms with Gasteiger partial charge in [0.1, 0.15) is 0 Å². The third-order valence-corrected chi connectivity index (χ3v) is 6.48. The molecule has 2 aromatic carbocycles. The first-order valence-electron chi connectivity index (χ1n) is 10.1. The molecule has 3 aromatic rings. The van der Waals surface area contributed by atoms with Gasteiger partial charge < -0.3 is 5.32 Å². The number of thiazole rings is 1. The molecule has 4 rings (SSSR count). The second kappa shape index (κ2) is 9.16. The van der Waals surface area contributed by atoms with Crippen molar-refractivity contribution >= 4 is 22.4 Å². The third kappa shape index (κ3) is 4.68. The highest BCUT2D eigenvalue weighted by Crippen LogP contribution is 2.37. The molecule has 1 N–H and O–H groups in total. The quantitative estimate of drug-likeness (QED) is 0.558. The summed E-state index contributed by atoms with van der Waals surface area (Å²) < 4.78 is 0. The van der Waals surface area contributed by atoms with E-state index in [1.165, 1.54) is 24.8 Å². The minimum atomic E-state index is -0.0945. The van der Waals surface area contributed by atoms with Crippen LogP contribution in [0.15, 0.2) is 66.9 Å². The van der Waals surface area contributed by atoms with E-state index in [2.05, 4.69) is 34.6 Å². The lowest BCUT2D eigenvalue weighted by molar-refractivity contribution is -0.119. The second-order valence-corrected chi connectivity index (χ2v) is 8.68. The molecule has 0 radical (unpaired) electrons. The van der Waals surface area contributed by atoms with Crippen LogP contribution in [0.1, 0.15) is 54.0 Å². The Hall–Kier alpha value is -2.46. The fourth-order valence-electron chi connectivity index (χ4n) is 4.19. The van der Waals surface area contributed by atoms with Gasteiger partial charge in [-0.2, -0.15) is 0 Å². The first-order valence-corrected chi connectivity index (χ1v) is 11.0. The molecular weight excluding hydrogens is 364 g/mol. The predicted molar refractivity (Wildman–Crippen MR) is 116 cm³/mol. The zero-order valence-corrected chi connectivity index (χ0v) is 16.8. The first-order chi connectivity index (χ1) is 13.8. The SMILES string of the molecule is O=C(Nc1ncc(Cc2ccccc2)s1)C(c1ccccc1)C1CCCCC1. The summed E-state index contributed by atoms with van der Waals surface area (Å²) in [4.78, 5) is 18.9. The molecule has 1 fully saturated rings. The Morgan fingerprint density at radius 3 is 2.39 bits per heavy atom. The van der Waals surface area contributed by atoms with E-state index in [0.717, 1.165) is 29.7 Å². The van der Waals surface area contributed by atoms with Crippen LogP contribution in [0, 0.1) is 5.92 Å². The number of anilines is 1. The van der Waals surface area contributed by atoms with Crippen molar-refractivity contribution in [2.75, 3.05) is 5.32 Å². The maximum atomic E-state index is 13.2. The van der Waals surface area contributed by atoms with Gasteiger partial charge in [0, 0.05) is 17.5 Å². The minimum Gasteiger partial charge on any atom is -0.301 e. The number of rotatable bonds is 6. The molecule has 0 spiro atoms. The van der Waals surface area contributed by atoms with E-state index >= 15 is 0 Å². The van der Waals surface area contributed by atoms with Crippen molar-refractivity contribution < 1.29 is 4.79 Å². The fraction of sp³-hybridized carbons (Fsp3) is 0.333. The molecule has 0 bridgehead atoms. The van der Waals surface area contributed by atoms with Crippen LogP contribution in [0.3, 0.4) is 0 Å². The van der Waals surface area contributed by atoms with Crippen molar-refractivity contribution in [1.82, 2.24) is 4.98 Å². The molecular formula is C24H26N2OS. The monoisotopic (exact) mass is 390 g/mol. The number of amides is 1. The van der Waals surface area contributed by atoms with Gasteiger partial charge in [-0.3, -0.25) is 4.79 Å². The zero-order valence-electron chi connectivity index (χ0n) is 16.0. The van der Waals surface area contributed by atoms with Crippen molar-refractivity contribution in [2.24, 2.45) is 5.92 Å².